The van der Waals surface area contributed by atoms with Crippen molar-refractivity contribution >= 4 is 0 Å². The topological polar surface area (TPSA) is 29.5 Å². The van der Waals surface area contributed by atoms with Crippen molar-refractivity contribution in [2.45, 2.75) is 66.1 Å². The molecule has 3 unspecified atom stereocenters. The predicted octanol–water partition coefficient (Wildman–Crippen LogP) is 3.75. The summed E-state index contributed by atoms with van der Waals surface area (Å²) in [6.07, 6.45) is 0.959. The van der Waals surface area contributed by atoms with Gasteiger partial charge in [0, 0.05) is 5.92 Å². The fourth-order valence-corrected chi connectivity index (χ4v) is 2.08. The van der Waals surface area contributed by atoms with Gasteiger partial charge in [-0.05, 0) is 33.6 Å². The monoisotopic (exact) mass is 228 g/mol. The Hall–Kier alpha value is -0.500. The van der Waals surface area contributed by atoms with Crippen LogP contribution in [0.15, 0.2) is 12.3 Å². The van der Waals surface area contributed by atoms with Gasteiger partial charge in [0.2, 0.25) is 0 Å². The minimum Gasteiger partial charge on any atom is -0.493 e. The van der Waals surface area contributed by atoms with Gasteiger partial charge in [0.05, 0.1) is 11.4 Å². The van der Waals surface area contributed by atoms with Crippen LogP contribution in [-0.4, -0.2) is 16.3 Å². The summed E-state index contributed by atoms with van der Waals surface area (Å²) >= 11 is 0. The zero-order valence-electron chi connectivity index (χ0n) is 11.9. The number of aliphatic hydroxyl groups is 1. The summed E-state index contributed by atoms with van der Waals surface area (Å²) in [5.41, 5.74) is -1.13. The lowest BCUT2D eigenvalue weighted by Crippen LogP contribution is -2.50. The second-order valence-corrected chi connectivity index (χ2v) is 5.66. The number of allylic oxidation sites excluding steroid dienone is 1. The first-order valence-corrected chi connectivity index (χ1v) is 6.12. The Morgan fingerprint density at radius 3 is 2.06 bits per heavy atom. The lowest BCUT2D eigenvalue weighted by molar-refractivity contribution is -0.128. The van der Waals surface area contributed by atoms with E-state index in [1.54, 1.807) is 0 Å². The van der Waals surface area contributed by atoms with Gasteiger partial charge in [-0.25, -0.2) is 0 Å². The van der Waals surface area contributed by atoms with Crippen LogP contribution in [0, 0.1) is 11.8 Å². The molecule has 0 aliphatic heterocycles. The Morgan fingerprint density at radius 1 is 1.31 bits per heavy atom. The maximum absolute atomic E-state index is 10.6. The highest BCUT2D eigenvalue weighted by Crippen LogP contribution is 2.37. The van der Waals surface area contributed by atoms with Crippen molar-refractivity contribution < 1.29 is 9.84 Å². The molecule has 0 fully saturated rings. The van der Waals surface area contributed by atoms with E-state index in [2.05, 4.69) is 20.4 Å². The average Bonchev–Trinajstić information content (AvgIpc) is 2.13. The van der Waals surface area contributed by atoms with E-state index in [0.717, 1.165) is 6.42 Å². The molecule has 0 heterocycles. The summed E-state index contributed by atoms with van der Waals surface area (Å²) in [6, 6.07) is 0. The van der Waals surface area contributed by atoms with Gasteiger partial charge in [-0.3, -0.25) is 0 Å². The molecule has 0 aromatic heterocycles. The molecule has 0 aliphatic carbocycles. The first kappa shape index (κ1) is 15.5. The number of ether oxygens (including phenoxy) is 1. The molecule has 0 bridgehead atoms. The fraction of sp³-hybridized carbons (Fsp3) is 0.857. The van der Waals surface area contributed by atoms with Crippen molar-refractivity contribution in [3.8, 4) is 0 Å². The van der Waals surface area contributed by atoms with Crippen LogP contribution in [0.5, 0.6) is 0 Å². The van der Waals surface area contributed by atoms with Gasteiger partial charge in [-0.2, -0.15) is 0 Å². The van der Waals surface area contributed by atoms with Crippen LogP contribution in [-0.2, 0) is 4.74 Å². The van der Waals surface area contributed by atoms with Crippen LogP contribution < -0.4 is 0 Å². The predicted molar refractivity (Wildman–Crippen MR) is 69.2 cm³/mol. The van der Waals surface area contributed by atoms with E-state index >= 15 is 0 Å². The molecule has 16 heavy (non-hydrogen) atoms. The molecule has 0 radical (unpaired) electrons. The van der Waals surface area contributed by atoms with Gasteiger partial charge in [-0.15, -0.1) is 0 Å². The Bertz CT molecular complexity index is 241. The minimum absolute atomic E-state index is 0.0339. The summed E-state index contributed by atoms with van der Waals surface area (Å²) in [7, 11) is 0. The summed E-state index contributed by atoms with van der Waals surface area (Å²) in [5.74, 6) is 0.971. The Morgan fingerprint density at radius 2 is 1.75 bits per heavy atom. The molecule has 0 saturated carbocycles. The van der Waals surface area contributed by atoms with E-state index in [-0.39, 0.29) is 11.8 Å². The Kier molecular flexibility index (Phi) is 5.06. The standard InChI is InChI=1S/C14H28O2/c1-9-11(4)14(8,15)12(5)13(6,7)16-10(2)3/h11-12,15H,2,9H2,1,3-8H3. The van der Waals surface area contributed by atoms with E-state index in [4.69, 9.17) is 4.74 Å². The van der Waals surface area contributed by atoms with Gasteiger partial charge >= 0.3 is 0 Å². The van der Waals surface area contributed by atoms with E-state index in [9.17, 15) is 5.11 Å². The highest BCUT2D eigenvalue weighted by Gasteiger charge is 2.43. The van der Waals surface area contributed by atoms with Crippen LogP contribution in [0.25, 0.3) is 0 Å². The zero-order valence-corrected chi connectivity index (χ0v) is 11.9. The molecule has 1 N–H and O–H groups in total. The van der Waals surface area contributed by atoms with Gasteiger partial charge < -0.3 is 9.84 Å². The lowest BCUT2D eigenvalue weighted by atomic mass is 9.72. The molecule has 0 rings (SSSR count). The first-order chi connectivity index (χ1) is 7.05. The summed E-state index contributed by atoms with van der Waals surface area (Å²) < 4.78 is 5.73. The third-order valence-electron chi connectivity index (χ3n) is 3.97. The van der Waals surface area contributed by atoms with E-state index in [0.29, 0.717) is 5.76 Å². The second-order valence-electron chi connectivity index (χ2n) is 5.66. The molecule has 0 saturated heterocycles. The normalized spacial score (nSPS) is 19.8. The van der Waals surface area contributed by atoms with Crippen molar-refractivity contribution in [1.82, 2.24) is 0 Å². The lowest BCUT2D eigenvalue weighted by Gasteiger charge is -2.44. The van der Waals surface area contributed by atoms with Crippen LogP contribution in [0.2, 0.25) is 0 Å². The summed E-state index contributed by atoms with van der Waals surface area (Å²) in [5, 5.41) is 10.6. The fourth-order valence-electron chi connectivity index (χ4n) is 2.08. The summed E-state index contributed by atoms with van der Waals surface area (Å²) in [4.78, 5) is 0. The van der Waals surface area contributed by atoms with Crippen molar-refractivity contribution in [3.05, 3.63) is 12.3 Å². The van der Waals surface area contributed by atoms with Crippen molar-refractivity contribution in [2.24, 2.45) is 11.8 Å². The number of hydrogen-bond donors (Lipinski definition) is 1. The molecule has 0 amide bonds. The van der Waals surface area contributed by atoms with Crippen molar-refractivity contribution in [3.63, 3.8) is 0 Å². The quantitative estimate of drug-likeness (QED) is 0.702. The molecule has 96 valence electrons. The first-order valence-electron chi connectivity index (χ1n) is 6.12. The van der Waals surface area contributed by atoms with Crippen molar-refractivity contribution in [2.75, 3.05) is 0 Å². The van der Waals surface area contributed by atoms with Crippen LogP contribution in [0.1, 0.15) is 54.9 Å². The molecule has 0 aliphatic rings. The molecule has 3 atom stereocenters. The molecular weight excluding hydrogens is 200 g/mol. The molecule has 2 heteroatoms. The third-order valence-corrected chi connectivity index (χ3v) is 3.97. The van der Waals surface area contributed by atoms with E-state index in [1.165, 1.54) is 0 Å². The van der Waals surface area contributed by atoms with Crippen molar-refractivity contribution in [1.29, 1.82) is 0 Å². The highest BCUT2D eigenvalue weighted by molar-refractivity contribution is 4.95. The minimum atomic E-state index is -0.728. The Labute approximate surface area is 101 Å². The van der Waals surface area contributed by atoms with Gasteiger partial charge in [0.15, 0.2) is 0 Å². The van der Waals surface area contributed by atoms with Crippen LogP contribution in [0.4, 0.5) is 0 Å². The molecule has 2 nitrogen and oxygen atoms in total. The SMILES string of the molecule is C=C(C)OC(C)(C)C(C)C(C)(O)C(C)CC. The average molecular weight is 228 g/mol. The van der Waals surface area contributed by atoms with Gasteiger partial charge in [-0.1, -0.05) is 33.8 Å². The molecule has 0 aromatic rings. The molecule has 0 spiro atoms. The van der Waals surface area contributed by atoms with Gasteiger partial charge in [0.25, 0.3) is 0 Å². The summed E-state index contributed by atoms with van der Waals surface area (Å²) in [6.45, 7) is 17.7. The highest BCUT2D eigenvalue weighted by atomic mass is 16.5. The maximum atomic E-state index is 10.6. The van der Waals surface area contributed by atoms with Crippen LogP contribution >= 0.6 is 0 Å². The van der Waals surface area contributed by atoms with E-state index in [1.807, 2.05) is 34.6 Å². The second kappa shape index (κ2) is 5.22. The smallest absolute Gasteiger partial charge is 0.108 e. The molecular formula is C14H28O2. The van der Waals surface area contributed by atoms with Crippen LogP contribution in [0.3, 0.4) is 0 Å². The number of hydrogen-bond acceptors (Lipinski definition) is 2. The molecule has 0 aromatic carbocycles. The van der Waals surface area contributed by atoms with Gasteiger partial charge in [0.1, 0.15) is 5.60 Å². The van der Waals surface area contributed by atoms with E-state index < -0.39 is 11.2 Å². The largest absolute Gasteiger partial charge is 0.493 e. The third kappa shape index (κ3) is 3.51. The maximum Gasteiger partial charge on any atom is 0.108 e. The Balaban J connectivity index is 4.88. The zero-order chi connectivity index (χ0) is 13.1. The number of rotatable bonds is 6.